The second-order valence-corrected chi connectivity index (χ2v) is 8.41. The molecule has 0 spiro atoms. The van der Waals surface area contributed by atoms with E-state index in [4.69, 9.17) is 11.6 Å². The molecular weight excluding hydrogens is 439 g/mol. The van der Waals surface area contributed by atoms with Gasteiger partial charge in [-0.15, -0.1) is 0 Å². The molecule has 0 N–H and O–H groups in total. The fourth-order valence-electron chi connectivity index (χ4n) is 4.44. The summed E-state index contributed by atoms with van der Waals surface area (Å²) in [5.41, 5.74) is 0.220. The molecule has 5 rings (SSSR count). The zero-order chi connectivity index (χ0) is 22.5. The van der Waals surface area contributed by atoms with Crippen molar-refractivity contribution in [2.45, 2.75) is 25.4 Å². The topological polar surface area (TPSA) is 38.1 Å². The molecule has 2 aromatic heterocycles. The van der Waals surface area contributed by atoms with E-state index < -0.39 is 17.3 Å². The summed E-state index contributed by atoms with van der Waals surface area (Å²) >= 11 is 6.18. The third kappa shape index (κ3) is 3.60. The third-order valence-corrected chi connectivity index (χ3v) is 6.15. The predicted octanol–water partition coefficient (Wildman–Crippen LogP) is 6.20. The normalized spacial score (nSPS) is 14.9. The molecule has 8 heteroatoms. The van der Waals surface area contributed by atoms with Crippen molar-refractivity contribution in [1.82, 2.24) is 9.55 Å². The van der Waals surface area contributed by atoms with Gasteiger partial charge in [0.05, 0.1) is 22.3 Å². The Morgan fingerprint density at radius 1 is 0.938 bits per heavy atom. The number of rotatable bonds is 2. The van der Waals surface area contributed by atoms with Crippen LogP contribution in [0.15, 0.2) is 59.5 Å². The molecule has 0 radical (unpaired) electrons. The summed E-state index contributed by atoms with van der Waals surface area (Å²) in [4.78, 5) is 19.1. The Balaban J connectivity index is 1.79. The van der Waals surface area contributed by atoms with Gasteiger partial charge in [0.15, 0.2) is 0 Å². The molecule has 0 bridgehead atoms. The summed E-state index contributed by atoms with van der Waals surface area (Å²) in [7, 11) is 0. The van der Waals surface area contributed by atoms with E-state index in [0.717, 1.165) is 25.3 Å². The van der Waals surface area contributed by atoms with E-state index in [9.17, 15) is 18.0 Å². The minimum absolute atomic E-state index is 0.154. The summed E-state index contributed by atoms with van der Waals surface area (Å²) in [5.74, 6) is 0. The van der Waals surface area contributed by atoms with Crippen LogP contribution in [0.4, 0.5) is 18.9 Å². The van der Waals surface area contributed by atoms with Crippen LogP contribution in [0.1, 0.15) is 24.8 Å². The summed E-state index contributed by atoms with van der Waals surface area (Å²) in [6, 6.07) is 12.2. The maximum atomic E-state index is 14.1. The van der Waals surface area contributed by atoms with Crippen LogP contribution in [0, 0.1) is 0 Å². The second kappa shape index (κ2) is 7.81. The summed E-state index contributed by atoms with van der Waals surface area (Å²) in [6.45, 7) is 1.18. The lowest BCUT2D eigenvalue weighted by molar-refractivity contribution is -0.137. The zero-order valence-corrected chi connectivity index (χ0v) is 17.7. The van der Waals surface area contributed by atoms with Crippen molar-refractivity contribution in [2.24, 2.45) is 0 Å². The van der Waals surface area contributed by atoms with Gasteiger partial charge < -0.3 is 4.90 Å². The Labute approximate surface area is 186 Å². The van der Waals surface area contributed by atoms with Gasteiger partial charge >= 0.3 is 6.18 Å². The standard InChI is InChI=1S/C24H19ClF3N3O/c25-16-5-7-20-18(12-16)23-15(14-29-20)4-9-22(32)31(23)17-6-8-21(19(13-17)24(26,27)28)30-10-2-1-3-11-30/h4-9,12-14H,1-3,10-11H2. The van der Waals surface area contributed by atoms with E-state index in [2.05, 4.69) is 4.98 Å². The smallest absolute Gasteiger partial charge is 0.371 e. The molecule has 0 atom stereocenters. The Morgan fingerprint density at radius 2 is 1.72 bits per heavy atom. The molecule has 1 fully saturated rings. The maximum absolute atomic E-state index is 14.1. The van der Waals surface area contributed by atoms with E-state index >= 15 is 0 Å². The molecule has 3 heterocycles. The van der Waals surface area contributed by atoms with Gasteiger partial charge in [0.2, 0.25) is 0 Å². The number of halogens is 4. The summed E-state index contributed by atoms with van der Waals surface area (Å²) in [5, 5.41) is 1.68. The van der Waals surface area contributed by atoms with Gasteiger partial charge in [-0.25, -0.2) is 0 Å². The lowest BCUT2D eigenvalue weighted by Gasteiger charge is -2.31. The van der Waals surface area contributed by atoms with Crippen molar-refractivity contribution in [3.8, 4) is 5.69 Å². The van der Waals surface area contributed by atoms with Crippen LogP contribution < -0.4 is 10.5 Å². The van der Waals surface area contributed by atoms with Gasteiger partial charge in [-0.3, -0.25) is 14.3 Å². The number of pyridine rings is 2. The van der Waals surface area contributed by atoms with Gasteiger partial charge in [0.25, 0.3) is 5.56 Å². The molecule has 1 aliphatic heterocycles. The first-order valence-corrected chi connectivity index (χ1v) is 10.8. The highest BCUT2D eigenvalue weighted by atomic mass is 35.5. The molecule has 1 aliphatic rings. The van der Waals surface area contributed by atoms with E-state index in [0.29, 0.717) is 39.9 Å². The van der Waals surface area contributed by atoms with Crippen LogP contribution in [0.25, 0.3) is 27.5 Å². The monoisotopic (exact) mass is 457 g/mol. The predicted molar refractivity (Wildman–Crippen MR) is 121 cm³/mol. The van der Waals surface area contributed by atoms with Crippen LogP contribution in [-0.4, -0.2) is 22.6 Å². The molecule has 32 heavy (non-hydrogen) atoms. The number of aromatic nitrogens is 2. The Bertz CT molecular complexity index is 1390. The largest absolute Gasteiger partial charge is 0.418 e. The highest BCUT2D eigenvalue weighted by Crippen LogP contribution is 2.39. The SMILES string of the molecule is O=c1ccc2cnc3ccc(Cl)cc3c2n1-c1ccc(N2CCCCC2)c(C(F)(F)F)c1. The average Bonchev–Trinajstić information content (AvgIpc) is 2.78. The maximum Gasteiger partial charge on any atom is 0.418 e. The van der Waals surface area contributed by atoms with Crippen molar-refractivity contribution < 1.29 is 13.2 Å². The molecule has 2 aromatic carbocycles. The third-order valence-electron chi connectivity index (χ3n) is 5.92. The van der Waals surface area contributed by atoms with Gasteiger partial charge in [-0.05, 0) is 61.7 Å². The molecule has 4 aromatic rings. The Kier molecular flexibility index (Phi) is 5.08. The molecular formula is C24H19ClF3N3O. The van der Waals surface area contributed by atoms with E-state index in [1.807, 2.05) is 0 Å². The highest BCUT2D eigenvalue weighted by molar-refractivity contribution is 6.31. The van der Waals surface area contributed by atoms with Crippen molar-refractivity contribution in [3.05, 3.63) is 75.7 Å². The van der Waals surface area contributed by atoms with Crippen LogP contribution in [0.2, 0.25) is 5.02 Å². The van der Waals surface area contributed by atoms with E-state index in [1.165, 1.54) is 16.7 Å². The number of nitrogens with zero attached hydrogens (tertiary/aromatic N) is 3. The van der Waals surface area contributed by atoms with Crippen molar-refractivity contribution in [3.63, 3.8) is 0 Å². The van der Waals surface area contributed by atoms with Crippen molar-refractivity contribution >= 4 is 39.1 Å². The number of hydrogen-bond donors (Lipinski definition) is 0. The molecule has 4 nitrogen and oxygen atoms in total. The van der Waals surface area contributed by atoms with E-state index in [-0.39, 0.29) is 11.4 Å². The minimum atomic E-state index is -4.55. The minimum Gasteiger partial charge on any atom is -0.371 e. The number of anilines is 1. The number of benzene rings is 2. The molecule has 0 amide bonds. The van der Waals surface area contributed by atoms with Gasteiger partial charge in [-0.2, -0.15) is 13.2 Å². The van der Waals surface area contributed by atoms with Crippen LogP contribution >= 0.6 is 11.6 Å². The zero-order valence-electron chi connectivity index (χ0n) is 17.0. The number of alkyl halides is 3. The lowest BCUT2D eigenvalue weighted by Crippen LogP contribution is -2.31. The summed E-state index contributed by atoms with van der Waals surface area (Å²) in [6.07, 6.45) is -0.202. The highest BCUT2D eigenvalue weighted by Gasteiger charge is 2.35. The molecule has 0 unspecified atom stereocenters. The average molecular weight is 458 g/mol. The van der Waals surface area contributed by atoms with Gasteiger partial charge in [0, 0.05) is 46.8 Å². The first-order chi connectivity index (χ1) is 15.3. The fourth-order valence-corrected chi connectivity index (χ4v) is 4.61. The van der Waals surface area contributed by atoms with Crippen molar-refractivity contribution in [1.29, 1.82) is 0 Å². The quantitative estimate of drug-likeness (QED) is 0.336. The summed E-state index contributed by atoms with van der Waals surface area (Å²) < 4.78 is 43.5. The molecule has 1 saturated heterocycles. The Morgan fingerprint density at radius 3 is 2.47 bits per heavy atom. The second-order valence-electron chi connectivity index (χ2n) is 7.98. The molecule has 0 aliphatic carbocycles. The first-order valence-electron chi connectivity index (χ1n) is 10.4. The van der Waals surface area contributed by atoms with Crippen LogP contribution in [-0.2, 0) is 6.18 Å². The molecule has 0 saturated carbocycles. The van der Waals surface area contributed by atoms with Crippen molar-refractivity contribution in [2.75, 3.05) is 18.0 Å². The Hall–Kier alpha value is -3.06. The van der Waals surface area contributed by atoms with E-state index in [1.54, 1.807) is 41.4 Å². The fraction of sp³-hybridized carbons (Fsp3) is 0.250. The van der Waals surface area contributed by atoms with Gasteiger partial charge in [0.1, 0.15) is 0 Å². The number of piperidine rings is 1. The molecule has 164 valence electrons. The van der Waals surface area contributed by atoms with Crippen LogP contribution in [0.3, 0.4) is 0 Å². The lowest BCUT2D eigenvalue weighted by atomic mass is 10.1. The number of fused-ring (bicyclic) bond motifs is 3. The number of hydrogen-bond acceptors (Lipinski definition) is 3. The first kappa shape index (κ1) is 20.8. The van der Waals surface area contributed by atoms with Gasteiger partial charge in [-0.1, -0.05) is 11.6 Å². The van der Waals surface area contributed by atoms with Crippen LogP contribution in [0.5, 0.6) is 0 Å².